The number of benzene rings is 2. The second-order valence-electron chi connectivity index (χ2n) is 11.5. The lowest BCUT2D eigenvalue weighted by molar-refractivity contribution is 0.0619. The van der Waals surface area contributed by atoms with Gasteiger partial charge in [-0.05, 0) is 56.3 Å². The summed E-state index contributed by atoms with van der Waals surface area (Å²) in [5.74, 6) is 2.00. The molecule has 2 aromatic rings. The van der Waals surface area contributed by atoms with Crippen LogP contribution in [0.1, 0.15) is 66.7 Å². The minimum atomic E-state index is -0.962. The van der Waals surface area contributed by atoms with Crippen molar-refractivity contribution in [2.75, 3.05) is 63.4 Å². The van der Waals surface area contributed by atoms with Gasteiger partial charge in [0.05, 0.1) is 52.0 Å². The van der Waals surface area contributed by atoms with E-state index in [0.717, 1.165) is 51.7 Å². The Morgan fingerprint density at radius 2 is 1.58 bits per heavy atom. The number of halogens is 2. The molecule has 2 aromatic carbocycles. The molecular formula is C32H47Cl2N5O5S. The van der Waals surface area contributed by atoms with Crippen LogP contribution in [0.25, 0.3) is 0 Å². The Morgan fingerprint density at radius 3 is 2.09 bits per heavy atom. The third-order valence-corrected chi connectivity index (χ3v) is 9.90. The largest absolute Gasteiger partial charge is 0.496 e. The van der Waals surface area contributed by atoms with Crippen LogP contribution in [0.4, 0.5) is 11.4 Å². The SMILES string of the molecule is CCC(CC)CCNC(=O)c1cc(Cl)c(N)cc1OCCS(C)=O.COc1cc(N)c(Cl)cc1C(=O)N[C@H]1CN2CCC1CC2. The second kappa shape index (κ2) is 17.8. The highest BCUT2D eigenvalue weighted by Crippen LogP contribution is 2.31. The molecule has 13 heteroatoms. The number of piperidine rings is 3. The number of carbonyl (C=O) groups excluding carboxylic acids is 2. The van der Waals surface area contributed by atoms with Gasteiger partial charge in [0.15, 0.2) is 0 Å². The Hall–Kier alpha value is -2.73. The van der Waals surface area contributed by atoms with Gasteiger partial charge in [-0.25, -0.2) is 0 Å². The molecule has 5 rings (SSSR count). The number of nitrogens with one attached hydrogen (secondary N) is 2. The van der Waals surface area contributed by atoms with Gasteiger partial charge in [0.25, 0.3) is 11.8 Å². The number of rotatable bonds is 13. The quantitative estimate of drug-likeness (QED) is 0.216. The van der Waals surface area contributed by atoms with E-state index in [-0.39, 0.29) is 24.5 Å². The van der Waals surface area contributed by atoms with Crippen molar-refractivity contribution in [2.24, 2.45) is 11.8 Å². The van der Waals surface area contributed by atoms with Gasteiger partial charge in [0, 0.05) is 48.3 Å². The first-order chi connectivity index (χ1) is 21.5. The number of fused-ring (bicyclic) bond motifs is 3. The smallest absolute Gasteiger partial charge is 0.255 e. The molecule has 6 N–H and O–H groups in total. The molecule has 3 fully saturated rings. The average molecular weight is 685 g/mol. The summed E-state index contributed by atoms with van der Waals surface area (Å²) in [6.07, 6.45) is 7.05. The first-order valence-corrected chi connectivity index (χ1v) is 17.9. The van der Waals surface area contributed by atoms with Crippen molar-refractivity contribution in [1.82, 2.24) is 15.5 Å². The van der Waals surface area contributed by atoms with Crippen molar-refractivity contribution in [3.63, 3.8) is 0 Å². The molecule has 45 heavy (non-hydrogen) atoms. The third-order valence-electron chi connectivity index (χ3n) is 8.50. The normalized spacial score (nSPS) is 19.3. The molecule has 0 saturated carbocycles. The summed E-state index contributed by atoms with van der Waals surface area (Å²) in [7, 11) is 0.560. The summed E-state index contributed by atoms with van der Waals surface area (Å²) in [5.41, 5.74) is 13.1. The Balaban J connectivity index is 0.000000247. The molecule has 3 aliphatic rings. The van der Waals surface area contributed by atoms with Crippen molar-refractivity contribution >= 4 is 57.2 Å². The fraction of sp³-hybridized carbons (Fsp3) is 0.562. The lowest BCUT2D eigenvalue weighted by Gasteiger charge is -2.44. The van der Waals surface area contributed by atoms with E-state index in [9.17, 15) is 13.8 Å². The lowest BCUT2D eigenvalue weighted by Crippen LogP contribution is -2.57. The first-order valence-electron chi connectivity index (χ1n) is 15.4. The number of anilines is 2. The third kappa shape index (κ3) is 10.7. The van der Waals surface area contributed by atoms with Gasteiger partial charge in [0.2, 0.25) is 0 Å². The van der Waals surface area contributed by atoms with Crippen LogP contribution in [0.5, 0.6) is 11.5 Å². The molecule has 0 aromatic heterocycles. The van der Waals surface area contributed by atoms with Gasteiger partial charge in [0.1, 0.15) is 11.5 Å². The van der Waals surface area contributed by atoms with Crippen molar-refractivity contribution in [3.05, 3.63) is 45.4 Å². The minimum absolute atomic E-state index is 0.146. The van der Waals surface area contributed by atoms with Crippen molar-refractivity contribution < 1.29 is 23.3 Å². The molecule has 2 atom stereocenters. The van der Waals surface area contributed by atoms with E-state index >= 15 is 0 Å². The zero-order valence-electron chi connectivity index (χ0n) is 26.6. The predicted molar refractivity (Wildman–Crippen MR) is 184 cm³/mol. The zero-order valence-corrected chi connectivity index (χ0v) is 29.0. The van der Waals surface area contributed by atoms with E-state index in [2.05, 4.69) is 29.4 Å². The molecular weight excluding hydrogens is 637 g/mol. The number of hydrogen-bond donors (Lipinski definition) is 4. The standard InChI is InChI=1S/C17H27ClN2O3S.C15H20ClN3O2/c1-4-12(5-2)6-7-20-17(21)13-10-14(18)15(19)11-16(13)23-8-9-24(3)22;1-21-14-7-12(17)11(16)6-10(14)15(20)18-13-8-19-4-2-9(13)3-5-19/h10-12H,4-9,19H2,1-3H3,(H,20,21);6-7,9,13H,2-5,8,17H2,1H3,(H,18,20)/t;13-/m.0/s1. The van der Waals surface area contributed by atoms with E-state index in [1.807, 2.05) is 0 Å². The molecule has 0 aliphatic carbocycles. The summed E-state index contributed by atoms with van der Waals surface area (Å²) in [6, 6.07) is 6.43. The number of hydrogen-bond acceptors (Lipinski definition) is 8. The molecule has 2 bridgehead atoms. The number of nitrogens with two attached hydrogens (primary N) is 2. The van der Waals surface area contributed by atoms with Crippen LogP contribution in [0.15, 0.2) is 24.3 Å². The highest BCUT2D eigenvalue weighted by atomic mass is 35.5. The molecule has 250 valence electrons. The van der Waals surface area contributed by atoms with Gasteiger partial charge in [-0.2, -0.15) is 0 Å². The first kappa shape index (κ1) is 36.7. The summed E-state index contributed by atoms with van der Waals surface area (Å²) in [5, 5.41) is 6.72. The number of carbonyl (C=O) groups is 2. The van der Waals surface area contributed by atoms with Crippen LogP contribution in [0.3, 0.4) is 0 Å². The van der Waals surface area contributed by atoms with Crippen molar-refractivity contribution in [1.29, 1.82) is 0 Å². The Morgan fingerprint density at radius 1 is 1.00 bits per heavy atom. The van der Waals surface area contributed by atoms with Gasteiger partial charge < -0.3 is 36.5 Å². The average Bonchev–Trinajstić information content (AvgIpc) is 3.02. The zero-order chi connectivity index (χ0) is 33.1. The molecule has 0 spiro atoms. The second-order valence-corrected chi connectivity index (χ2v) is 13.9. The summed E-state index contributed by atoms with van der Waals surface area (Å²) in [4.78, 5) is 27.4. The van der Waals surface area contributed by atoms with E-state index in [1.54, 1.807) is 18.4 Å². The number of amides is 2. The summed E-state index contributed by atoms with van der Waals surface area (Å²) in [6.45, 7) is 8.38. The maximum absolute atomic E-state index is 12.5. The summed E-state index contributed by atoms with van der Waals surface area (Å²) < 4.78 is 22.0. The highest BCUT2D eigenvalue weighted by molar-refractivity contribution is 7.84. The topological polar surface area (TPSA) is 149 Å². The van der Waals surface area contributed by atoms with E-state index in [4.69, 9.17) is 44.1 Å². The fourth-order valence-corrected chi connectivity index (χ4v) is 6.25. The molecule has 10 nitrogen and oxygen atoms in total. The van der Waals surface area contributed by atoms with Gasteiger partial charge in [-0.3, -0.25) is 13.8 Å². The van der Waals surface area contributed by atoms with Crippen LogP contribution in [-0.2, 0) is 10.8 Å². The molecule has 0 radical (unpaired) electrons. The number of ether oxygens (including phenoxy) is 2. The molecule has 1 unspecified atom stereocenters. The highest BCUT2D eigenvalue weighted by Gasteiger charge is 2.35. The van der Waals surface area contributed by atoms with Crippen LogP contribution >= 0.6 is 23.2 Å². The van der Waals surface area contributed by atoms with Gasteiger partial charge >= 0.3 is 0 Å². The Labute approximate surface area is 279 Å². The maximum atomic E-state index is 12.5. The molecule has 3 aliphatic heterocycles. The monoisotopic (exact) mass is 683 g/mol. The van der Waals surface area contributed by atoms with Crippen LogP contribution in [-0.4, -0.2) is 78.9 Å². The fourth-order valence-electron chi connectivity index (χ4n) is 5.61. The van der Waals surface area contributed by atoms with E-state index in [1.165, 1.54) is 19.2 Å². The number of methoxy groups -OCH3 is 1. The van der Waals surface area contributed by atoms with Gasteiger partial charge in [-0.1, -0.05) is 49.9 Å². The molecule has 3 heterocycles. The van der Waals surface area contributed by atoms with E-state index < -0.39 is 10.8 Å². The number of nitrogens with zero attached hydrogens (tertiary/aromatic N) is 1. The van der Waals surface area contributed by atoms with Crippen LogP contribution in [0, 0.1) is 11.8 Å². The predicted octanol–water partition coefficient (Wildman–Crippen LogP) is 4.99. The maximum Gasteiger partial charge on any atom is 0.255 e. The lowest BCUT2D eigenvalue weighted by atomic mass is 9.84. The van der Waals surface area contributed by atoms with Crippen LogP contribution < -0.4 is 31.6 Å². The summed E-state index contributed by atoms with van der Waals surface area (Å²) >= 11 is 12.1. The Bertz CT molecular complexity index is 1340. The minimum Gasteiger partial charge on any atom is -0.496 e. The van der Waals surface area contributed by atoms with E-state index in [0.29, 0.717) is 68.2 Å². The molecule has 2 amide bonds. The van der Waals surface area contributed by atoms with Gasteiger partial charge in [-0.15, -0.1) is 0 Å². The molecule has 3 saturated heterocycles. The van der Waals surface area contributed by atoms with Crippen molar-refractivity contribution in [3.8, 4) is 11.5 Å². The van der Waals surface area contributed by atoms with Crippen LogP contribution in [0.2, 0.25) is 10.0 Å². The Kier molecular flexibility index (Phi) is 14.6. The number of nitrogen functional groups attached to an aromatic ring is 2. The van der Waals surface area contributed by atoms with Crippen molar-refractivity contribution in [2.45, 2.75) is 52.0 Å².